The van der Waals surface area contributed by atoms with Crippen LogP contribution in [0.2, 0.25) is 0 Å². The summed E-state index contributed by atoms with van der Waals surface area (Å²) in [5, 5.41) is 0. The number of hydrogen-bond acceptors (Lipinski definition) is 8. The molecule has 9 heteroatoms. The van der Waals surface area contributed by atoms with Crippen molar-refractivity contribution < 1.29 is 19.1 Å². The predicted molar refractivity (Wildman–Crippen MR) is 71.9 cm³/mol. The van der Waals surface area contributed by atoms with E-state index in [1.165, 1.54) is 26.6 Å². The molecular formula is C12H15N5O4. The largest absolute Gasteiger partial charge is 0.469 e. The van der Waals surface area contributed by atoms with Crippen LogP contribution >= 0.6 is 0 Å². The van der Waals surface area contributed by atoms with Gasteiger partial charge in [-0.25, -0.2) is 9.97 Å². The fourth-order valence-corrected chi connectivity index (χ4v) is 1.82. The van der Waals surface area contributed by atoms with Crippen molar-refractivity contribution in [3.63, 3.8) is 0 Å². The third-order valence-corrected chi connectivity index (χ3v) is 2.82. The fraction of sp³-hybridized carbons (Fsp3) is 0.417. The van der Waals surface area contributed by atoms with Crippen molar-refractivity contribution in [1.29, 1.82) is 0 Å². The van der Waals surface area contributed by atoms with Gasteiger partial charge in [-0.1, -0.05) is 0 Å². The Morgan fingerprint density at radius 1 is 1.43 bits per heavy atom. The number of ether oxygens (including phenoxy) is 2. The SMILES string of the molecule is COC(=O)C(COC(C)=O)Cn1cnc2cnc(N)nc21. The third kappa shape index (κ3) is 3.44. The zero-order chi connectivity index (χ0) is 15.4. The van der Waals surface area contributed by atoms with Crippen LogP contribution < -0.4 is 5.73 Å². The number of methoxy groups -OCH3 is 1. The van der Waals surface area contributed by atoms with E-state index in [9.17, 15) is 9.59 Å². The first-order valence-corrected chi connectivity index (χ1v) is 6.15. The fourth-order valence-electron chi connectivity index (χ4n) is 1.82. The van der Waals surface area contributed by atoms with Crippen molar-refractivity contribution >= 4 is 29.1 Å². The smallest absolute Gasteiger partial charge is 0.313 e. The standard InChI is InChI=1S/C12H15N5O4/c1-7(18)21-5-8(11(19)20-2)4-17-6-15-9-3-14-12(13)16-10(9)17/h3,6,8H,4-5H2,1-2H3,(H2,13,14,16). The molecule has 0 spiro atoms. The Hall–Kier alpha value is -2.71. The summed E-state index contributed by atoms with van der Waals surface area (Å²) < 4.78 is 11.2. The van der Waals surface area contributed by atoms with E-state index in [2.05, 4.69) is 15.0 Å². The number of imidazole rings is 1. The number of rotatable bonds is 5. The van der Waals surface area contributed by atoms with Gasteiger partial charge in [0.1, 0.15) is 18.0 Å². The quantitative estimate of drug-likeness (QED) is 0.749. The summed E-state index contributed by atoms with van der Waals surface area (Å²) in [4.78, 5) is 34.7. The molecule has 0 fully saturated rings. The maximum atomic E-state index is 11.7. The molecule has 21 heavy (non-hydrogen) atoms. The topological polar surface area (TPSA) is 122 Å². The summed E-state index contributed by atoms with van der Waals surface area (Å²) in [5.74, 6) is -1.50. The summed E-state index contributed by atoms with van der Waals surface area (Å²) in [6.07, 6.45) is 3.01. The molecule has 112 valence electrons. The Kier molecular flexibility index (Phi) is 4.31. The highest BCUT2D eigenvalue weighted by molar-refractivity contribution is 5.74. The van der Waals surface area contributed by atoms with Gasteiger partial charge < -0.3 is 19.8 Å². The van der Waals surface area contributed by atoms with Crippen LogP contribution in [0, 0.1) is 5.92 Å². The molecule has 2 heterocycles. The van der Waals surface area contributed by atoms with Gasteiger partial charge in [-0.05, 0) is 0 Å². The number of nitrogens with zero attached hydrogens (tertiary/aromatic N) is 4. The van der Waals surface area contributed by atoms with Crippen LogP contribution in [0.1, 0.15) is 6.92 Å². The van der Waals surface area contributed by atoms with Crippen molar-refractivity contribution in [2.75, 3.05) is 19.5 Å². The monoisotopic (exact) mass is 293 g/mol. The van der Waals surface area contributed by atoms with E-state index in [1.54, 1.807) is 4.57 Å². The molecule has 0 bridgehead atoms. The van der Waals surface area contributed by atoms with Gasteiger partial charge in [-0.15, -0.1) is 0 Å². The van der Waals surface area contributed by atoms with E-state index in [0.29, 0.717) is 11.2 Å². The van der Waals surface area contributed by atoms with Crippen molar-refractivity contribution in [3.05, 3.63) is 12.5 Å². The van der Waals surface area contributed by atoms with Crippen LogP contribution in [0.15, 0.2) is 12.5 Å². The Labute approximate surface area is 120 Å². The Morgan fingerprint density at radius 2 is 2.19 bits per heavy atom. The summed E-state index contributed by atoms with van der Waals surface area (Å²) in [6, 6.07) is 0. The number of fused-ring (bicyclic) bond motifs is 1. The molecule has 1 atom stereocenters. The number of aromatic nitrogens is 4. The van der Waals surface area contributed by atoms with Crippen molar-refractivity contribution in [2.24, 2.45) is 5.92 Å². The lowest BCUT2D eigenvalue weighted by Gasteiger charge is -2.15. The lowest BCUT2D eigenvalue weighted by Crippen LogP contribution is -2.27. The second kappa shape index (κ2) is 6.16. The average Bonchev–Trinajstić information content (AvgIpc) is 2.84. The molecule has 1 unspecified atom stereocenters. The molecule has 9 nitrogen and oxygen atoms in total. The Morgan fingerprint density at radius 3 is 2.86 bits per heavy atom. The second-order valence-electron chi connectivity index (χ2n) is 4.36. The molecular weight excluding hydrogens is 278 g/mol. The molecule has 0 saturated heterocycles. The van der Waals surface area contributed by atoms with E-state index in [4.69, 9.17) is 15.2 Å². The number of nitrogens with two attached hydrogens (primary N) is 1. The number of nitrogen functional groups attached to an aromatic ring is 1. The molecule has 0 aliphatic rings. The number of hydrogen-bond donors (Lipinski definition) is 1. The molecule has 2 rings (SSSR count). The molecule has 2 aromatic heterocycles. The van der Waals surface area contributed by atoms with Crippen LogP contribution in [0.25, 0.3) is 11.2 Å². The predicted octanol–water partition coefficient (Wildman–Crippen LogP) is -0.239. The zero-order valence-corrected chi connectivity index (χ0v) is 11.6. The molecule has 0 aliphatic carbocycles. The van der Waals surface area contributed by atoms with Gasteiger partial charge in [0.25, 0.3) is 0 Å². The van der Waals surface area contributed by atoms with Gasteiger partial charge in [0.15, 0.2) is 5.65 Å². The van der Waals surface area contributed by atoms with Crippen molar-refractivity contribution in [1.82, 2.24) is 19.5 Å². The number of carbonyl (C=O) groups is 2. The van der Waals surface area contributed by atoms with E-state index in [-0.39, 0.29) is 19.1 Å². The first kappa shape index (κ1) is 14.7. The van der Waals surface area contributed by atoms with Gasteiger partial charge in [-0.3, -0.25) is 9.59 Å². The molecule has 2 N–H and O–H groups in total. The number of esters is 2. The van der Waals surface area contributed by atoms with E-state index in [1.807, 2.05) is 0 Å². The lowest BCUT2D eigenvalue weighted by molar-refractivity contribution is -0.152. The van der Waals surface area contributed by atoms with Gasteiger partial charge >= 0.3 is 11.9 Å². The Bertz CT molecular complexity index is 669. The van der Waals surface area contributed by atoms with Crippen LogP contribution in [0.4, 0.5) is 5.95 Å². The maximum absolute atomic E-state index is 11.7. The van der Waals surface area contributed by atoms with E-state index in [0.717, 1.165) is 0 Å². The molecule has 0 radical (unpaired) electrons. The second-order valence-corrected chi connectivity index (χ2v) is 4.36. The van der Waals surface area contributed by atoms with Gasteiger partial charge in [0.2, 0.25) is 5.95 Å². The number of anilines is 1. The first-order valence-electron chi connectivity index (χ1n) is 6.15. The summed E-state index contributed by atoms with van der Waals surface area (Å²) in [6.45, 7) is 1.39. The van der Waals surface area contributed by atoms with Gasteiger partial charge in [0.05, 0.1) is 19.6 Å². The highest BCUT2D eigenvalue weighted by Gasteiger charge is 2.22. The van der Waals surface area contributed by atoms with E-state index < -0.39 is 17.9 Å². The van der Waals surface area contributed by atoms with Crippen LogP contribution in [0.5, 0.6) is 0 Å². The zero-order valence-electron chi connectivity index (χ0n) is 11.6. The minimum atomic E-state index is -0.660. The van der Waals surface area contributed by atoms with Crippen LogP contribution in [-0.2, 0) is 25.6 Å². The third-order valence-electron chi connectivity index (χ3n) is 2.82. The summed E-state index contributed by atoms with van der Waals surface area (Å²) >= 11 is 0. The number of carbonyl (C=O) groups excluding carboxylic acids is 2. The Balaban J connectivity index is 2.23. The maximum Gasteiger partial charge on any atom is 0.313 e. The average molecular weight is 293 g/mol. The highest BCUT2D eigenvalue weighted by Crippen LogP contribution is 2.13. The minimum Gasteiger partial charge on any atom is -0.469 e. The van der Waals surface area contributed by atoms with Crippen molar-refractivity contribution in [2.45, 2.75) is 13.5 Å². The highest BCUT2D eigenvalue weighted by atomic mass is 16.5. The molecule has 0 amide bonds. The van der Waals surface area contributed by atoms with Gasteiger partial charge in [-0.2, -0.15) is 4.98 Å². The first-order chi connectivity index (χ1) is 10.0. The van der Waals surface area contributed by atoms with E-state index >= 15 is 0 Å². The van der Waals surface area contributed by atoms with Crippen molar-refractivity contribution in [3.8, 4) is 0 Å². The molecule has 0 aromatic carbocycles. The minimum absolute atomic E-state index is 0.0811. The molecule has 0 aliphatic heterocycles. The molecule has 0 saturated carbocycles. The van der Waals surface area contributed by atoms with Crippen LogP contribution in [-0.4, -0.2) is 45.2 Å². The van der Waals surface area contributed by atoms with Gasteiger partial charge in [0, 0.05) is 13.5 Å². The van der Waals surface area contributed by atoms with Crippen LogP contribution in [0.3, 0.4) is 0 Å². The lowest BCUT2D eigenvalue weighted by atomic mass is 10.1. The summed E-state index contributed by atoms with van der Waals surface area (Å²) in [5.41, 5.74) is 6.60. The normalized spacial score (nSPS) is 12.1. The molecule has 2 aromatic rings. The summed E-state index contributed by atoms with van der Waals surface area (Å²) in [7, 11) is 1.27.